The molecule has 4 rings (SSSR count). The summed E-state index contributed by atoms with van der Waals surface area (Å²) in [6, 6.07) is 28.6. The van der Waals surface area contributed by atoms with Gasteiger partial charge in [-0.25, -0.2) is 0 Å². The number of carbonyl (C=O) groups excluding carboxylic acids is 3. The molecule has 202 valence electrons. The van der Waals surface area contributed by atoms with E-state index in [1.807, 2.05) is 50.2 Å². The molecule has 0 saturated heterocycles. The summed E-state index contributed by atoms with van der Waals surface area (Å²) < 4.78 is 0. The number of rotatable bonds is 9. The number of benzene rings is 4. The molecule has 3 N–H and O–H groups in total. The Morgan fingerprint density at radius 3 is 2.12 bits per heavy atom. The van der Waals surface area contributed by atoms with Gasteiger partial charge in [-0.05, 0) is 97.3 Å². The second-order valence-corrected chi connectivity index (χ2v) is 10.5. The van der Waals surface area contributed by atoms with Crippen LogP contribution in [0.2, 0.25) is 5.02 Å². The van der Waals surface area contributed by atoms with Crippen molar-refractivity contribution in [2.75, 3.05) is 16.4 Å². The average molecular weight is 570 g/mol. The molecule has 4 aromatic carbocycles. The lowest BCUT2D eigenvalue weighted by molar-refractivity contribution is -0.114. The minimum Gasteiger partial charge on any atom is -0.325 e. The normalized spacial score (nSPS) is 11.0. The third kappa shape index (κ3) is 8.33. The monoisotopic (exact) mass is 569 g/mol. The second kappa shape index (κ2) is 13.6. The highest BCUT2D eigenvalue weighted by molar-refractivity contribution is 8.00. The van der Waals surface area contributed by atoms with Crippen LogP contribution in [0.3, 0.4) is 0 Å². The first-order valence-electron chi connectivity index (χ1n) is 12.5. The van der Waals surface area contributed by atoms with E-state index in [0.717, 1.165) is 16.1 Å². The zero-order chi connectivity index (χ0) is 28.5. The lowest BCUT2D eigenvalue weighted by Crippen LogP contribution is -2.30. The molecule has 0 bridgehead atoms. The van der Waals surface area contributed by atoms with Crippen LogP contribution in [-0.2, 0) is 9.59 Å². The van der Waals surface area contributed by atoms with Gasteiger partial charge in [-0.15, -0.1) is 11.8 Å². The number of hydrogen-bond acceptors (Lipinski definition) is 4. The maximum Gasteiger partial charge on any atom is 0.272 e. The van der Waals surface area contributed by atoms with Crippen molar-refractivity contribution in [2.45, 2.75) is 18.7 Å². The molecule has 8 heteroatoms. The van der Waals surface area contributed by atoms with Crippen LogP contribution in [0, 0.1) is 13.8 Å². The first-order chi connectivity index (χ1) is 19.3. The van der Waals surface area contributed by atoms with Gasteiger partial charge in [0.05, 0.1) is 5.75 Å². The van der Waals surface area contributed by atoms with Crippen molar-refractivity contribution in [3.05, 3.63) is 130 Å². The molecule has 0 aromatic heterocycles. The molecule has 4 aromatic rings. The summed E-state index contributed by atoms with van der Waals surface area (Å²) in [4.78, 5) is 39.2. The van der Waals surface area contributed by atoms with Crippen molar-refractivity contribution < 1.29 is 14.4 Å². The topological polar surface area (TPSA) is 87.3 Å². The largest absolute Gasteiger partial charge is 0.325 e. The first-order valence-corrected chi connectivity index (χ1v) is 13.9. The smallest absolute Gasteiger partial charge is 0.272 e. The van der Waals surface area contributed by atoms with Crippen molar-refractivity contribution in [3.8, 4) is 0 Å². The summed E-state index contributed by atoms with van der Waals surface area (Å²) in [5, 5.41) is 9.03. The summed E-state index contributed by atoms with van der Waals surface area (Å²) in [7, 11) is 0. The van der Waals surface area contributed by atoms with Crippen molar-refractivity contribution in [1.82, 2.24) is 5.32 Å². The third-order valence-electron chi connectivity index (χ3n) is 5.98. The quantitative estimate of drug-likeness (QED) is 0.148. The minimum absolute atomic E-state index is 0.0811. The highest BCUT2D eigenvalue weighted by Crippen LogP contribution is 2.22. The van der Waals surface area contributed by atoms with Crippen molar-refractivity contribution in [2.24, 2.45) is 0 Å². The summed E-state index contributed by atoms with van der Waals surface area (Å²) in [6.07, 6.45) is 1.59. The van der Waals surface area contributed by atoms with E-state index in [4.69, 9.17) is 11.6 Å². The lowest BCUT2D eigenvalue weighted by atomic mass is 10.1. The van der Waals surface area contributed by atoms with Gasteiger partial charge in [0.1, 0.15) is 5.70 Å². The zero-order valence-electron chi connectivity index (χ0n) is 22.0. The molecule has 40 heavy (non-hydrogen) atoms. The summed E-state index contributed by atoms with van der Waals surface area (Å²) in [6.45, 7) is 4.04. The van der Waals surface area contributed by atoms with Crippen LogP contribution in [0.25, 0.3) is 6.08 Å². The zero-order valence-corrected chi connectivity index (χ0v) is 23.6. The van der Waals surface area contributed by atoms with Crippen molar-refractivity contribution in [3.63, 3.8) is 0 Å². The molecule has 0 aliphatic heterocycles. The first kappa shape index (κ1) is 28.7. The Labute approximate surface area is 242 Å². The number of nitrogens with one attached hydrogen (secondary N) is 3. The second-order valence-electron chi connectivity index (χ2n) is 9.04. The molecule has 0 aliphatic rings. The van der Waals surface area contributed by atoms with Gasteiger partial charge in [-0.1, -0.05) is 48.0 Å². The third-order valence-corrected chi connectivity index (χ3v) is 7.25. The molecule has 0 radical (unpaired) electrons. The van der Waals surface area contributed by atoms with E-state index in [9.17, 15) is 14.4 Å². The molecule has 0 spiro atoms. The molecule has 0 saturated carbocycles. The van der Waals surface area contributed by atoms with Gasteiger partial charge in [0.25, 0.3) is 11.8 Å². The molecule has 0 aliphatic carbocycles. The number of aryl methyl sites for hydroxylation is 2. The van der Waals surface area contributed by atoms with E-state index in [1.54, 1.807) is 66.7 Å². The molecular weight excluding hydrogens is 542 g/mol. The molecule has 0 fully saturated rings. The summed E-state index contributed by atoms with van der Waals surface area (Å²) >= 11 is 7.38. The maximum absolute atomic E-state index is 13.2. The van der Waals surface area contributed by atoms with Gasteiger partial charge in [-0.2, -0.15) is 0 Å². The lowest BCUT2D eigenvalue weighted by Gasteiger charge is -2.12. The fourth-order valence-electron chi connectivity index (χ4n) is 3.67. The van der Waals surface area contributed by atoms with Gasteiger partial charge in [0.2, 0.25) is 5.91 Å². The van der Waals surface area contributed by atoms with Gasteiger partial charge in [-0.3, -0.25) is 14.4 Å². The Hall–Kier alpha value is -4.33. The maximum atomic E-state index is 13.2. The van der Waals surface area contributed by atoms with Crippen LogP contribution in [0.4, 0.5) is 11.4 Å². The van der Waals surface area contributed by atoms with Gasteiger partial charge in [0.15, 0.2) is 0 Å². The molecule has 6 nitrogen and oxygen atoms in total. The Bertz CT molecular complexity index is 1540. The van der Waals surface area contributed by atoms with Crippen LogP contribution in [0.1, 0.15) is 27.0 Å². The van der Waals surface area contributed by atoms with Crippen molar-refractivity contribution in [1.29, 1.82) is 0 Å². The van der Waals surface area contributed by atoms with E-state index in [-0.39, 0.29) is 17.4 Å². The number of hydrogen-bond donors (Lipinski definition) is 3. The molecule has 0 unspecified atom stereocenters. The number of carbonyl (C=O) groups is 3. The molecule has 3 amide bonds. The summed E-state index contributed by atoms with van der Waals surface area (Å²) in [5.74, 6) is -0.732. The average Bonchev–Trinajstić information content (AvgIpc) is 2.96. The minimum atomic E-state index is -0.479. The van der Waals surface area contributed by atoms with Crippen molar-refractivity contribution >= 4 is 58.5 Å². The van der Waals surface area contributed by atoms with E-state index in [1.165, 1.54) is 17.3 Å². The van der Waals surface area contributed by atoms with Gasteiger partial charge >= 0.3 is 0 Å². The Kier molecular flexibility index (Phi) is 9.78. The SMILES string of the molecule is Cc1ccc(NC(=O)CSc2ccc(NC(=O)/C(=C/c3ccc(Cl)cc3)NC(=O)c3ccccc3)cc2)cc1C. The fraction of sp³-hybridized carbons (Fsp3) is 0.0938. The predicted molar refractivity (Wildman–Crippen MR) is 164 cm³/mol. The highest BCUT2D eigenvalue weighted by Gasteiger charge is 2.15. The van der Waals surface area contributed by atoms with Gasteiger partial charge in [0, 0.05) is 26.9 Å². The van der Waals surface area contributed by atoms with Crippen LogP contribution >= 0.6 is 23.4 Å². The number of amides is 3. The van der Waals surface area contributed by atoms with Crippen LogP contribution in [0.5, 0.6) is 0 Å². The molecule has 0 atom stereocenters. The van der Waals surface area contributed by atoms with Crippen LogP contribution in [-0.4, -0.2) is 23.5 Å². The van der Waals surface area contributed by atoms with Crippen LogP contribution in [0.15, 0.2) is 108 Å². The standard InChI is InChI=1S/C32H28ClN3O3S/c1-21-8-13-27(18-22(21)2)34-30(37)20-40-28-16-14-26(15-17-28)35-32(39)29(19-23-9-11-25(33)12-10-23)36-31(38)24-6-4-3-5-7-24/h3-19H,20H2,1-2H3,(H,34,37)(H,35,39)(H,36,38)/b29-19-. The summed E-state index contributed by atoms with van der Waals surface area (Å²) in [5.41, 5.74) is 4.82. The highest BCUT2D eigenvalue weighted by atomic mass is 35.5. The van der Waals surface area contributed by atoms with E-state index >= 15 is 0 Å². The Morgan fingerprint density at radius 1 is 0.775 bits per heavy atom. The van der Waals surface area contributed by atoms with E-state index < -0.39 is 11.8 Å². The predicted octanol–water partition coefficient (Wildman–Crippen LogP) is 7.10. The Morgan fingerprint density at radius 2 is 1.45 bits per heavy atom. The number of halogens is 1. The van der Waals surface area contributed by atoms with E-state index in [2.05, 4.69) is 16.0 Å². The Balaban J connectivity index is 1.39. The van der Waals surface area contributed by atoms with E-state index in [0.29, 0.717) is 21.8 Å². The molecule has 0 heterocycles. The number of anilines is 2. The van der Waals surface area contributed by atoms with Gasteiger partial charge < -0.3 is 16.0 Å². The molecular formula is C32H28ClN3O3S. The number of thioether (sulfide) groups is 1. The van der Waals surface area contributed by atoms with Crippen LogP contribution < -0.4 is 16.0 Å². The fourth-order valence-corrected chi connectivity index (χ4v) is 4.49.